The molecular weight excluding hydrogens is 327 g/mol. The number of carbonyl (C=O) groups is 1. The van der Waals surface area contributed by atoms with Crippen LogP contribution in [0.4, 0.5) is 10.1 Å². The molecule has 0 radical (unpaired) electrons. The molecule has 26 heavy (non-hydrogen) atoms. The monoisotopic (exact) mass is 358 g/mol. The normalized spacial score (nSPS) is 30.2. The Labute approximate surface area is 156 Å². The molecule has 0 N–H and O–H groups in total. The summed E-state index contributed by atoms with van der Waals surface area (Å²) in [4.78, 5) is 16.9. The van der Waals surface area contributed by atoms with Gasteiger partial charge in [-0.1, -0.05) is 12.8 Å². The zero-order valence-electron chi connectivity index (χ0n) is 15.9. The molecule has 0 atom stereocenters. The van der Waals surface area contributed by atoms with Crippen molar-refractivity contribution in [1.29, 1.82) is 0 Å². The number of amides is 1. The lowest BCUT2D eigenvalue weighted by Gasteiger charge is -2.51. The van der Waals surface area contributed by atoms with Gasteiger partial charge in [0.1, 0.15) is 5.82 Å². The number of anilines is 1. The van der Waals surface area contributed by atoms with Gasteiger partial charge in [-0.25, -0.2) is 4.39 Å². The summed E-state index contributed by atoms with van der Waals surface area (Å²) >= 11 is 0. The highest BCUT2D eigenvalue weighted by Gasteiger charge is 2.41. The van der Waals surface area contributed by atoms with Crippen LogP contribution >= 0.6 is 0 Å². The first-order chi connectivity index (χ1) is 12.6. The van der Waals surface area contributed by atoms with E-state index < -0.39 is 0 Å². The molecule has 1 saturated heterocycles. The molecule has 142 valence electrons. The summed E-state index contributed by atoms with van der Waals surface area (Å²) in [7, 11) is 0. The highest BCUT2D eigenvalue weighted by atomic mass is 19.1. The molecule has 0 unspecified atom stereocenters. The first kappa shape index (κ1) is 18.0. The van der Waals surface area contributed by atoms with Crippen molar-refractivity contribution < 1.29 is 9.18 Å². The Balaban J connectivity index is 1.43. The smallest absolute Gasteiger partial charge is 0.224 e. The number of hydrogen-bond acceptors (Lipinski definition) is 2. The van der Waals surface area contributed by atoms with Crippen LogP contribution in [-0.4, -0.2) is 36.0 Å². The molecule has 2 aliphatic carbocycles. The van der Waals surface area contributed by atoms with E-state index in [-0.39, 0.29) is 17.8 Å². The van der Waals surface area contributed by atoms with E-state index in [0.29, 0.717) is 0 Å². The predicted molar refractivity (Wildman–Crippen MR) is 103 cm³/mol. The van der Waals surface area contributed by atoms with Crippen LogP contribution < -0.4 is 4.90 Å². The second kappa shape index (κ2) is 7.67. The topological polar surface area (TPSA) is 23.6 Å². The highest BCUT2D eigenvalue weighted by Crippen LogP contribution is 2.43. The van der Waals surface area contributed by atoms with Crippen LogP contribution in [0.2, 0.25) is 0 Å². The lowest BCUT2D eigenvalue weighted by atomic mass is 9.67. The van der Waals surface area contributed by atoms with Gasteiger partial charge < -0.3 is 4.90 Å². The van der Waals surface area contributed by atoms with Crippen molar-refractivity contribution in [1.82, 2.24) is 4.90 Å². The van der Waals surface area contributed by atoms with Crippen molar-refractivity contribution in [2.24, 2.45) is 11.8 Å². The summed E-state index contributed by atoms with van der Waals surface area (Å²) in [6.45, 7) is 3.81. The van der Waals surface area contributed by atoms with Gasteiger partial charge in [0.15, 0.2) is 0 Å². The number of fused-ring (bicyclic) bond motifs is 2. The Morgan fingerprint density at radius 3 is 2.00 bits per heavy atom. The minimum atomic E-state index is -0.254. The fourth-order valence-electron chi connectivity index (χ4n) is 5.93. The van der Waals surface area contributed by atoms with Crippen molar-refractivity contribution in [3.8, 4) is 0 Å². The van der Waals surface area contributed by atoms with Crippen molar-refractivity contribution in [2.75, 3.05) is 18.0 Å². The summed E-state index contributed by atoms with van der Waals surface area (Å²) in [5.74, 6) is 1.61. The zero-order chi connectivity index (χ0) is 18.1. The van der Waals surface area contributed by atoms with E-state index in [1.807, 2.05) is 4.90 Å². The predicted octanol–water partition coefficient (Wildman–Crippen LogP) is 4.61. The molecule has 0 spiro atoms. The number of carbonyl (C=O) groups excluding carboxylic acids is 1. The number of piperidine rings is 1. The number of nitrogens with zero attached hydrogens (tertiary/aromatic N) is 2. The summed E-state index contributed by atoms with van der Waals surface area (Å²) in [6, 6.07) is 7.38. The minimum Gasteiger partial charge on any atom is -0.310 e. The molecule has 2 saturated carbocycles. The van der Waals surface area contributed by atoms with E-state index in [4.69, 9.17) is 0 Å². The third kappa shape index (κ3) is 3.53. The fraction of sp³-hybridized carbons (Fsp3) is 0.682. The first-order valence-corrected chi connectivity index (χ1v) is 10.4. The van der Waals surface area contributed by atoms with E-state index in [1.165, 1.54) is 50.7 Å². The van der Waals surface area contributed by atoms with Gasteiger partial charge in [-0.05, 0) is 74.6 Å². The van der Waals surface area contributed by atoms with Gasteiger partial charge in [0, 0.05) is 37.8 Å². The Hall–Kier alpha value is -1.42. The summed E-state index contributed by atoms with van der Waals surface area (Å²) in [5.41, 5.74) is 0.826. The van der Waals surface area contributed by atoms with Crippen LogP contribution in [0, 0.1) is 17.7 Å². The van der Waals surface area contributed by atoms with Crippen molar-refractivity contribution >= 4 is 11.6 Å². The molecule has 1 heterocycles. The summed E-state index contributed by atoms with van der Waals surface area (Å²) < 4.78 is 13.3. The van der Waals surface area contributed by atoms with Crippen molar-refractivity contribution in [3.05, 3.63) is 30.1 Å². The number of likely N-dealkylation sites (tertiary alicyclic amines) is 1. The fourth-order valence-corrected chi connectivity index (χ4v) is 5.93. The average Bonchev–Trinajstić information content (AvgIpc) is 2.63. The van der Waals surface area contributed by atoms with Gasteiger partial charge in [-0.2, -0.15) is 0 Å². The third-order valence-corrected chi connectivity index (χ3v) is 7.00. The number of halogens is 1. The van der Waals surface area contributed by atoms with Crippen molar-refractivity contribution in [3.63, 3.8) is 0 Å². The zero-order valence-corrected chi connectivity index (χ0v) is 15.9. The average molecular weight is 359 g/mol. The first-order valence-electron chi connectivity index (χ1n) is 10.4. The second-order valence-electron chi connectivity index (χ2n) is 8.51. The van der Waals surface area contributed by atoms with Crippen LogP contribution in [0.25, 0.3) is 0 Å². The highest BCUT2D eigenvalue weighted by molar-refractivity contribution is 5.92. The molecule has 4 heteroatoms. The molecular formula is C22H31FN2O. The molecule has 3 nitrogen and oxygen atoms in total. The maximum atomic E-state index is 13.3. The molecule has 4 rings (SSSR count). The number of benzene rings is 1. The van der Waals surface area contributed by atoms with E-state index in [2.05, 4.69) is 4.90 Å². The van der Waals surface area contributed by atoms with Crippen LogP contribution in [0.1, 0.15) is 58.3 Å². The quantitative estimate of drug-likeness (QED) is 0.788. The molecule has 3 fully saturated rings. The van der Waals surface area contributed by atoms with Crippen molar-refractivity contribution in [2.45, 2.75) is 70.4 Å². The molecule has 2 bridgehead atoms. The van der Waals surface area contributed by atoms with E-state index in [9.17, 15) is 9.18 Å². The Morgan fingerprint density at radius 2 is 1.50 bits per heavy atom. The van der Waals surface area contributed by atoms with Gasteiger partial charge >= 0.3 is 0 Å². The molecule has 1 aromatic rings. The van der Waals surface area contributed by atoms with Crippen LogP contribution in [0.15, 0.2) is 24.3 Å². The maximum absolute atomic E-state index is 13.3. The Kier molecular flexibility index (Phi) is 5.30. The lowest BCUT2D eigenvalue weighted by molar-refractivity contribution is -0.117. The Bertz CT molecular complexity index is 602. The number of hydrogen-bond donors (Lipinski definition) is 0. The molecule has 1 aliphatic heterocycles. The van der Waals surface area contributed by atoms with Crippen LogP contribution in [-0.2, 0) is 4.79 Å². The maximum Gasteiger partial charge on any atom is 0.224 e. The minimum absolute atomic E-state index is 0.0598. The molecule has 3 aliphatic rings. The van der Waals surface area contributed by atoms with E-state index in [0.717, 1.165) is 49.5 Å². The Morgan fingerprint density at radius 1 is 0.962 bits per heavy atom. The third-order valence-electron chi connectivity index (χ3n) is 7.00. The lowest BCUT2D eigenvalue weighted by Crippen LogP contribution is -2.55. The number of rotatable bonds is 3. The summed E-state index contributed by atoms with van der Waals surface area (Å²) in [5, 5.41) is 0. The van der Waals surface area contributed by atoms with Gasteiger partial charge in [0.2, 0.25) is 5.91 Å². The van der Waals surface area contributed by atoms with Gasteiger partial charge in [0.25, 0.3) is 0 Å². The van der Waals surface area contributed by atoms with Crippen LogP contribution in [0.5, 0.6) is 0 Å². The van der Waals surface area contributed by atoms with Gasteiger partial charge in [-0.15, -0.1) is 0 Å². The summed E-state index contributed by atoms with van der Waals surface area (Å²) in [6.07, 6.45) is 10.5. The molecule has 1 aromatic carbocycles. The molecule has 1 amide bonds. The standard InChI is InChI=1S/C22H31FN2O/c1-16(26)25(20-10-8-19(23)9-11-20)21-12-14-24(15-13-21)22-17-4-2-5-18(22)7-3-6-17/h8-11,17-18,21-22H,2-7,12-15H2,1H3. The van der Waals surface area contributed by atoms with Crippen LogP contribution in [0.3, 0.4) is 0 Å². The second-order valence-corrected chi connectivity index (χ2v) is 8.51. The SMILES string of the molecule is CC(=O)N(c1ccc(F)cc1)C1CCN(C2C3CCCC2CCC3)CC1. The van der Waals surface area contributed by atoms with Gasteiger partial charge in [-0.3, -0.25) is 9.69 Å². The van der Waals surface area contributed by atoms with Gasteiger partial charge in [0.05, 0.1) is 0 Å². The van der Waals surface area contributed by atoms with E-state index in [1.54, 1.807) is 19.1 Å². The molecule has 0 aromatic heterocycles. The largest absolute Gasteiger partial charge is 0.310 e. The van der Waals surface area contributed by atoms with E-state index >= 15 is 0 Å².